The van der Waals surface area contributed by atoms with Gasteiger partial charge in [0.1, 0.15) is 0 Å². The van der Waals surface area contributed by atoms with Gasteiger partial charge in [0.25, 0.3) is 0 Å². The van der Waals surface area contributed by atoms with Crippen molar-refractivity contribution in [1.82, 2.24) is 5.32 Å². The molecule has 0 spiro atoms. The van der Waals surface area contributed by atoms with Crippen LogP contribution >= 0.6 is 0 Å². The molecule has 1 unspecified atom stereocenters. The van der Waals surface area contributed by atoms with Crippen LogP contribution in [0.4, 0.5) is 5.69 Å². The number of rotatable bonds is 6. The van der Waals surface area contributed by atoms with Gasteiger partial charge in [-0.2, -0.15) is 0 Å². The normalized spacial score (nSPS) is 18.4. The van der Waals surface area contributed by atoms with Gasteiger partial charge in [-0.1, -0.05) is 26.0 Å². The molecule has 1 amide bonds. The Balaban J connectivity index is 1.70. The second-order valence-electron chi connectivity index (χ2n) is 5.59. The molecule has 1 aromatic rings. The van der Waals surface area contributed by atoms with Crippen LogP contribution in [-0.4, -0.2) is 31.7 Å². The van der Waals surface area contributed by atoms with E-state index in [1.807, 2.05) is 12.1 Å². The van der Waals surface area contributed by atoms with Crippen molar-refractivity contribution >= 4 is 11.6 Å². The number of benzene rings is 1. The molecule has 1 fully saturated rings. The van der Waals surface area contributed by atoms with Gasteiger partial charge in [-0.05, 0) is 36.5 Å². The van der Waals surface area contributed by atoms with Crippen molar-refractivity contribution in [2.75, 3.05) is 25.0 Å². The summed E-state index contributed by atoms with van der Waals surface area (Å²) in [5.74, 6) is 0.494. The molecule has 0 aromatic heterocycles. The summed E-state index contributed by atoms with van der Waals surface area (Å²) in [6, 6.07) is 8.01. The van der Waals surface area contributed by atoms with Crippen molar-refractivity contribution in [3.63, 3.8) is 0 Å². The minimum Gasteiger partial charge on any atom is -0.377 e. The van der Waals surface area contributed by atoms with E-state index in [1.165, 1.54) is 5.56 Å². The zero-order chi connectivity index (χ0) is 14.4. The fraction of sp³-hybridized carbons (Fsp3) is 0.562. The van der Waals surface area contributed by atoms with E-state index in [1.54, 1.807) is 0 Å². The van der Waals surface area contributed by atoms with Gasteiger partial charge in [0.05, 0.1) is 12.6 Å². The lowest BCUT2D eigenvalue weighted by atomic mass is 10.0. The molecule has 1 atom stereocenters. The zero-order valence-electron chi connectivity index (χ0n) is 12.3. The first-order chi connectivity index (χ1) is 9.65. The van der Waals surface area contributed by atoms with E-state index in [0.717, 1.165) is 31.7 Å². The average molecular weight is 276 g/mol. The Labute approximate surface area is 120 Å². The predicted molar refractivity (Wildman–Crippen MR) is 81.0 cm³/mol. The number of carbonyl (C=O) groups is 1. The summed E-state index contributed by atoms with van der Waals surface area (Å²) in [6.45, 7) is 6.23. The summed E-state index contributed by atoms with van der Waals surface area (Å²) in [4.78, 5) is 11.8. The van der Waals surface area contributed by atoms with Crippen LogP contribution in [0.25, 0.3) is 0 Å². The molecular formula is C16H24N2O2. The Kier molecular flexibility index (Phi) is 5.56. The number of hydrogen-bond acceptors (Lipinski definition) is 3. The van der Waals surface area contributed by atoms with Crippen molar-refractivity contribution in [2.24, 2.45) is 0 Å². The molecule has 2 N–H and O–H groups in total. The number of ether oxygens (including phenoxy) is 1. The second kappa shape index (κ2) is 7.41. The fourth-order valence-electron chi connectivity index (χ4n) is 2.31. The van der Waals surface area contributed by atoms with E-state index in [4.69, 9.17) is 4.74 Å². The Hall–Kier alpha value is -1.39. The first-order valence-corrected chi connectivity index (χ1v) is 7.37. The van der Waals surface area contributed by atoms with Crippen LogP contribution in [-0.2, 0) is 9.53 Å². The van der Waals surface area contributed by atoms with E-state index in [0.29, 0.717) is 12.5 Å². The largest absolute Gasteiger partial charge is 0.377 e. The van der Waals surface area contributed by atoms with E-state index in [-0.39, 0.29) is 12.0 Å². The van der Waals surface area contributed by atoms with Gasteiger partial charge < -0.3 is 15.4 Å². The molecule has 2 rings (SSSR count). The van der Waals surface area contributed by atoms with Gasteiger partial charge in [-0.25, -0.2) is 0 Å². The first kappa shape index (κ1) is 15.0. The van der Waals surface area contributed by atoms with Gasteiger partial charge in [0, 0.05) is 18.8 Å². The van der Waals surface area contributed by atoms with Gasteiger partial charge in [0.2, 0.25) is 5.91 Å². The number of amides is 1. The average Bonchev–Trinajstić information content (AvgIpc) is 2.92. The summed E-state index contributed by atoms with van der Waals surface area (Å²) >= 11 is 0. The third-order valence-corrected chi connectivity index (χ3v) is 3.54. The SMILES string of the molecule is CC(C)c1ccc(NC(=O)CNCC2CCCO2)cc1. The van der Waals surface area contributed by atoms with Crippen molar-refractivity contribution in [1.29, 1.82) is 0 Å². The zero-order valence-corrected chi connectivity index (χ0v) is 12.3. The molecule has 1 aliphatic rings. The maximum atomic E-state index is 11.8. The molecule has 0 bridgehead atoms. The molecule has 0 aliphatic carbocycles. The minimum atomic E-state index is -0.0136. The highest BCUT2D eigenvalue weighted by molar-refractivity contribution is 5.92. The van der Waals surface area contributed by atoms with Gasteiger partial charge in [-0.3, -0.25) is 4.79 Å². The maximum absolute atomic E-state index is 11.8. The Bertz CT molecular complexity index is 423. The van der Waals surface area contributed by atoms with E-state index >= 15 is 0 Å². The van der Waals surface area contributed by atoms with Crippen LogP contribution in [0.3, 0.4) is 0 Å². The molecule has 1 saturated heterocycles. The van der Waals surface area contributed by atoms with E-state index < -0.39 is 0 Å². The summed E-state index contributed by atoms with van der Waals surface area (Å²) in [6.07, 6.45) is 2.49. The quantitative estimate of drug-likeness (QED) is 0.839. The summed E-state index contributed by atoms with van der Waals surface area (Å²) in [5.41, 5.74) is 2.12. The Morgan fingerprint density at radius 1 is 1.35 bits per heavy atom. The lowest BCUT2D eigenvalue weighted by molar-refractivity contribution is -0.115. The molecule has 1 heterocycles. The first-order valence-electron chi connectivity index (χ1n) is 7.37. The molecule has 0 radical (unpaired) electrons. The highest BCUT2D eigenvalue weighted by Crippen LogP contribution is 2.17. The highest BCUT2D eigenvalue weighted by atomic mass is 16.5. The summed E-state index contributed by atoms with van der Waals surface area (Å²) in [5, 5.41) is 6.03. The third kappa shape index (κ3) is 4.62. The summed E-state index contributed by atoms with van der Waals surface area (Å²) in [7, 11) is 0. The molecular weight excluding hydrogens is 252 g/mol. The van der Waals surface area contributed by atoms with E-state index in [2.05, 4.69) is 36.6 Å². The monoisotopic (exact) mass is 276 g/mol. The predicted octanol–water partition coefficient (Wildman–Crippen LogP) is 2.52. The van der Waals surface area contributed by atoms with Crippen LogP contribution in [0.5, 0.6) is 0 Å². The molecule has 1 aliphatic heterocycles. The summed E-state index contributed by atoms with van der Waals surface area (Å²) < 4.78 is 5.49. The minimum absolute atomic E-state index is 0.0136. The molecule has 20 heavy (non-hydrogen) atoms. The Morgan fingerprint density at radius 3 is 2.70 bits per heavy atom. The molecule has 0 saturated carbocycles. The van der Waals surface area contributed by atoms with Crippen LogP contribution in [0.2, 0.25) is 0 Å². The van der Waals surface area contributed by atoms with Gasteiger partial charge in [-0.15, -0.1) is 0 Å². The van der Waals surface area contributed by atoms with Crippen LogP contribution in [0, 0.1) is 0 Å². The lowest BCUT2D eigenvalue weighted by Crippen LogP contribution is -2.33. The number of hydrogen-bond donors (Lipinski definition) is 2. The highest BCUT2D eigenvalue weighted by Gasteiger charge is 2.15. The Morgan fingerprint density at radius 2 is 2.10 bits per heavy atom. The van der Waals surface area contributed by atoms with Crippen molar-refractivity contribution in [2.45, 2.75) is 38.7 Å². The van der Waals surface area contributed by atoms with Crippen LogP contribution in [0.15, 0.2) is 24.3 Å². The third-order valence-electron chi connectivity index (χ3n) is 3.54. The fourth-order valence-corrected chi connectivity index (χ4v) is 2.31. The van der Waals surface area contributed by atoms with Crippen molar-refractivity contribution < 1.29 is 9.53 Å². The number of carbonyl (C=O) groups excluding carboxylic acids is 1. The van der Waals surface area contributed by atoms with Crippen molar-refractivity contribution in [3.05, 3.63) is 29.8 Å². The van der Waals surface area contributed by atoms with Crippen molar-refractivity contribution in [3.8, 4) is 0 Å². The van der Waals surface area contributed by atoms with E-state index in [9.17, 15) is 4.79 Å². The van der Waals surface area contributed by atoms with Gasteiger partial charge >= 0.3 is 0 Å². The molecule has 110 valence electrons. The molecule has 1 aromatic carbocycles. The lowest BCUT2D eigenvalue weighted by Gasteiger charge is -2.11. The topological polar surface area (TPSA) is 50.4 Å². The van der Waals surface area contributed by atoms with Crippen LogP contribution in [0.1, 0.15) is 38.2 Å². The maximum Gasteiger partial charge on any atom is 0.238 e. The smallest absolute Gasteiger partial charge is 0.238 e. The molecule has 4 nitrogen and oxygen atoms in total. The van der Waals surface area contributed by atoms with Crippen LogP contribution < -0.4 is 10.6 Å². The number of nitrogens with one attached hydrogen (secondary N) is 2. The molecule has 4 heteroatoms. The van der Waals surface area contributed by atoms with Gasteiger partial charge in [0.15, 0.2) is 0 Å². The number of anilines is 1. The standard InChI is InChI=1S/C16H24N2O2/c1-12(2)13-5-7-14(8-6-13)18-16(19)11-17-10-15-4-3-9-20-15/h5-8,12,15,17H,3-4,9-11H2,1-2H3,(H,18,19). The second-order valence-corrected chi connectivity index (χ2v) is 5.59.